The van der Waals surface area contributed by atoms with E-state index in [1.807, 2.05) is 0 Å². The summed E-state index contributed by atoms with van der Waals surface area (Å²) in [6.45, 7) is 9.96. The lowest BCUT2D eigenvalue weighted by Crippen LogP contribution is -2.51. The Bertz CT molecular complexity index is 7560. The van der Waals surface area contributed by atoms with Gasteiger partial charge in [0.05, 0.1) is 5.41 Å². The topological polar surface area (TPSA) is 0 Å². The molecule has 82 heavy (non-hydrogen) atoms. The Labute approximate surface area is 464 Å². The van der Waals surface area contributed by atoms with E-state index in [1.165, 1.54) is 54.4 Å². The minimum atomic E-state index is -1.14. The highest BCUT2D eigenvalue weighted by molar-refractivity contribution is 7.99. The average Bonchev–Trinajstić information content (AvgIpc) is 1.52. The SMILES string of the molecule is CCCCCCCC12c3c4c5c6c7c8c(c9c%10c1c1c3c3c%11c4c4c5c5c7c7c%12c8c8c9c9c%10c%10c1c1c3c3c%11c%11c4c4c5c7c5c7c%12c8c8c9c9c%10c1c1c3c3c%11c4c5c4c7c8c9c1c34)C62C#Cc1ccc(SCC[Si](C)(C)C)cc1. The van der Waals surface area contributed by atoms with Gasteiger partial charge in [0.2, 0.25) is 0 Å². The predicted molar refractivity (Wildman–Crippen MR) is 359 cm³/mol. The quantitative estimate of drug-likeness (QED) is 0.0432. The van der Waals surface area contributed by atoms with Crippen LogP contribution < -0.4 is 0 Å². The Morgan fingerprint density at radius 2 is 0.573 bits per heavy atom. The van der Waals surface area contributed by atoms with Gasteiger partial charge in [0.1, 0.15) is 0 Å². The van der Waals surface area contributed by atoms with Crippen molar-refractivity contribution in [3.8, 4) is 11.8 Å². The lowest BCUT2D eigenvalue weighted by atomic mass is 9.47. The van der Waals surface area contributed by atoms with Gasteiger partial charge in [-0.3, -0.25) is 0 Å². The van der Waals surface area contributed by atoms with Gasteiger partial charge in [0.25, 0.3) is 0 Å². The first-order valence-electron chi connectivity index (χ1n) is 31.5. The molecule has 0 fully saturated rings. The molecule has 0 aromatic heterocycles. The summed E-state index contributed by atoms with van der Waals surface area (Å²) < 4.78 is 0. The van der Waals surface area contributed by atoms with Crippen LogP contribution in [0.5, 0.6) is 0 Å². The summed E-state index contributed by atoms with van der Waals surface area (Å²) in [5, 5.41) is 89.7. The Morgan fingerprint density at radius 1 is 0.317 bits per heavy atom. The van der Waals surface area contributed by atoms with Crippen LogP contribution in [0.1, 0.15) is 73.3 Å². The van der Waals surface area contributed by atoms with Crippen molar-refractivity contribution in [1.29, 1.82) is 0 Å². The van der Waals surface area contributed by atoms with Gasteiger partial charge in [-0.15, -0.1) is 11.8 Å². The third-order valence-electron chi connectivity index (χ3n) is 27.5. The summed E-state index contributed by atoms with van der Waals surface area (Å²) in [5.74, 6) is 10.4. The number of thioether (sulfide) groups is 1. The molecule has 4 aliphatic carbocycles. The standard InChI is InChI=1S/C80H32SSi/c1-5-6-7-8-9-15-79-75-67-59-49-39-31-23-21-22-25-29-27(23)35-43-37(29)47-41-33(25)34-26(22)30-28-24(21)32(31)40-46-36(28)44-38(30)48-42(34)52-51(41)61-55(47)65-57(43)63(53(59)45(35)39)69(75)73(65)77-71(61)72-62(52)56(48)66-58(44)64-54(46)60(50(40)49)68(67)76(79)70(64)74(66)78(72)80(77,79)16-14-19-10-12-20(13-11-19)81-17-18-82(2,3)4/h10-13H,5-9,15,17-18H2,1-4H3. The van der Waals surface area contributed by atoms with E-state index in [0.717, 1.165) is 6.42 Å². The number of unbranched alkanes of at least 4 members (excludes halogenated alkanes) is 4. The van der Waals surface area contributed by atoms with Crippen LogP contribution in [0, 0.1) is 11.8 Å². The Balaban J connectivity index is 0.977. The van der Waals surface area contributed by atoms with E-state index in [9.17, 15) is 0 Å². The minimum absolute atomic E-state index is 0.357. The molecule has 4 aliphatic rings. The monoisotopic (exact) mass is 1050 g/mol. The third-order valence-corrected chi connectivity index (χ3v) is 30.6. The molecule has 362 valence electrons. The first kappa shape index (κ1) is 35.6. The van der Waals surface area contributed by atoms with Crippen molar-refractivity contribution in [3.63, 3.8) is 0 Å². The van der Waals surface area contributed by atoms with E-state index in [0.29, 0.717) is 0 Å². The van der Waals surface area contributed by atoms with Gasteiger partial charge in [-0.2, -0.15) is 0 Å². The van der Waals surface area contributed by atoms with E-state index < -0.39 is 13.5 Å². The maximum absolute atomic E-state index is 4.84. The fourth-order valence-electron chi connectivity index (χ4n) is 26.3. The van der Waals surface area contributed by atoms with Crippen molar-refractivity contribution in [2.75, 3.05) is 5.75 Å². The molecule has 0 saturated carbocycles. The molecular formula is C80H32SSi. The molecule has 33 rings (SSSR count). The van der Waals surface area contributed by atoms with Gasteiger partial charge in [0, 0.05) is 23.9 Å². The Morgan fingerprint density at radius 3 is 0.841 bits per heavy atom. The molecule has 0 nitrogen and oxygen atoms in total. The summed E-state index contributed by atoms with van der Waals surface area (Å²) in [6, 6.07) is 11.0. The summed E-state index contributed by atoms with van der Waals surface area (Å²) in [4.78, 5) is 1.39. The predicted octanol–water partition coefficient (Wildman–Crippen LogP) is 23.1. The third kappa shape index (κ3) is 2.30. The number of benzene rings is 19. The van der Waals surface area contributed by atoms with Crippen molar-refractivity contribution in [3.05, 3.63) is 52.1 Å². The van der Waals surface area contributed by atoms with Crippen molar-refractivity contribution < 1.29 is 0 Å². The molecule has 0 N–H and O–H groups in total. The Kier molecular flexibility index (Phi) is 3.89. The maximum atomic E-state index is 4.84. The zero-order chi connectivity index (χ0) is 50.7. The van der Waals surface area contributed by atoms with Gasteiger partial charge in [-0.05, 0) is 356 Å². The molecule has 0 radical (unpaired) electrons. The smallest absolute Gasteiger partial charge is 0.0978 e. The van der Waals surface area contributed by atoms with E-state index in [2.05, 4.69) is 68.5 Å². The van der Waals surface area contributed by atoms with Gasteiger partial charge >= 0.3 is 0 Å². The van der Waals surface area contributed by atoms with Gasteiger partial charge in [-0.1, -0.05) is 70.5 Å². The number of rotatable bonds is 10. The Hall–Kier alpha value is -8.19. The van der Waals surface area contributed by atoms with E-state index in [1.54, 1.807) is 313 Å². The van der Waals surface area contributed by atoms with Crippen molar-refractivity contribution in [1.82, 2.24) is 0 Å². The average molecular weight is 1050 g/mol. The molecule has 0 bridgehead atoms. The van der Waals surface area contributed by atoms with Crippen molar-refractivity contribution in [2.24, 2.45) is 0 Å². The fourth-order valence-corrected chi connectivity index (χ4v) is 29.8. The maximum Gasteiger partial charge on any atom is 0.0978 e. The highest BCUT2D eigenvalue weighted by atomic mass is 32.2. The summed E-state index contributed by atoms with van der Waals surface area (Å²) in [7, 11) is -1.14. The summed E-state index contributed by atoms with van der Waals surface area (Å²) in [5.41, 5.74) is 7.09. The summed E-state index contributed by atoms with van der Waals surface area (Å²) >= 11 is 2.06. The van der Waals surface area contributed by atoms with Crippen LogP contribution in [-0.4, -0.2) is 13.8 Å². The first-order chi connectivity index (χ1) is 40.5. The normalized spacial score (nSPS) is 20.4. The molecule has 29 aromatic carbocycles. The summed E-state index contributed by atoms with van der Waals surface area (Å²) in [6.07, 6.45) is 7.54. The second-order valence-electron chi connectivity index (χ2n) is 30.5. The minimum Gasteiger partial charge on any atom is -0.126 e. The van der Waals surface area contributed by atoms with Gasteiger partial charge in [0.15, 0.2) is 0 Å². The van der Waals surface area contributed by atoms with Gasteiger partial charge in [-0.25, -0.2) is 0 Å². The molecule has 0 spiro atoms. The highest BCUT2D eigenvalue weighted by Crippen LogP contribution is 2.85. The second kappa shape index (κ2) is 8.95. The molecule has 29 aromatic rings. The first-order valence-corrected chi connectivity index (χ1v) is 36.2. The molecule has 0 unspecified atom stereocenters. The van der Waals surface area contributed by atoms with Crippen LogP contribution in [0.4, 0.5) is 0 Å². The van der Waals surface area contributed by atoms with Crippen LogP contribution in [0.3, 0.4) is 0 Å². The molecule has 0 saturated heterocycles. The zero-order valence-corrected chi connectivity index (χ0v) is 46.7. The van der Waals surface area contributed by atoms with Crippen molar-refractivity contribution in [2.45, 2.75) is 86.9 Å². The van der Waals surface area contributed by atoms with Crippen LogP contribution in [0.15, 0.2) is 29.2 Å². The second-order valence-corrected chi connectivity index (χ2v) is 37.3. The van der Waals surface area contributed by atoms with Crippen LogP contribution in [0.2, 0.25) is 25.7 Å². The lowest BCUT2D eigenvalue weighted by molar-refractivity contribution is 0.356. The molecule has 0 amide bonds. The van der Waals surface area contributed by atoms with Crippen LogP contribution >= 0.6 is 11.8 Å². The molecular weight excluding hydrogens is 1020 g/mol. The van der Waals surface area contributed by atoms with Crippen LogP contribution in [0.25, 0.3) is 291 Å². The molecule has 0 atom stereocenters. The van der Waals surface area contributed by atoms with E-state index in [-0.39, 0.29) is 5.41 Å². The largest absolute Gasteiger partial charge is 0.126 e. The van der Waals surface area contributed by atoms with Crippen LogP contribution in [-0.2, 0) is 10.8 Å². The fraction of sp³-hybridized carbons (Fsp3) is 0.175. The van der Waals surface area contributed by atoms with Crippen molar-refractivity contribution >= 4 is 311 Å². The van der Waals surface area contributed by atoms with Gasteiger partial charge < -0.3 is 0 Å². The zero-order valence-electron chi connectivity index (χ0n) is 44.9. The highest BCUT2D eigenvalue weighted by Gasteiger charge is 2.69. The van der Waals surface area contributed by atoms with E-state index in [4.69, 9.17) is 5.92 Å². The number of hydrogen-bond acceptors (Lipinski definition) is 1. The lowest BCUT2D eigenvalue weighted by Gasteiger charge is -2.52. The molecule has 0 aliphatic heterocycles. The molecule has 2 heteroatoms. The number of hydrogen-bond donors (Lipinski definition) is 0. The molecule has 0 heterocycles. The van der Waals surface area contributed by atoms with E-state index >= 15 is 0 Å².